The third-order valence-corrected chi connectivity index (χ3v) is 1.96. The van der Waals surface area contributed by atoms with Crippen LogP contribution in [0.2, 0.25) is 10.3 Å². The summed E-state index contributed by atoms with van der Waals surface area (Å²) in [5, 5.41) is 6.91. The van der Waals surface area contributed by atoms with Crippen molar-refractivity contribution in [3.8, 4) is 0 Å². The first-order valence-corrected chi connectivity index (χ1v) is 3.87. The van der Waals surface area contributed by atoms with E-state index in [0.717, 1.165) is 11.4 Å². The molecule has 0 saturated carbocycles. The normalized spacial score (nSPS) is 13.6. The molecule has 3 nitrogen and oxygen atoms in total. The van der Waals surface area contributed by atoms with Gasteiger partial charge in [0.1, 0.15) is 5.15 Å². The summed E-state index contributed by atoms with van der Waals surface area (Å²) in [4.78, 5) is 3.87. The Morgan fingerprint density at radius 3 is 3.00 bits per heavy atom. The number of nitrogens with zero attached hydrogens (tertiary/aromatic N) is 1. The monoisotopic (exact) mass is 189 g/mol. The molecule has 0 unspecified atom stereocenters. The Bertz CT molecular complexity index is 300. The van der Waals surface area contributed by atoms with Gasteiger partial charge in [-0.05, 0) is 0 Å². The molecule has 2 N–H and O–H groups in total. The minimum Gasteiger partial charge on any atom is -0.366 e. The van der Waals surface area contributed by atoms with Crippen LogP contribution in [0.5, 0.6) is 0 Å². The second-order valence-electron chi connectivity index (χ2n) is 2.19. The van der Waals surface area contributed by atoms with Crippen molar-refractivity contribution >= 4 is 34.6 Å². The lowest BCUT2D eigenvalue weighted by Gasteiger charge is -1.99. The Morgan fingerprint density at radius 1 is 1.36 bits per heavy atom. The Hall–Kier alpha value is -0.670. The lowest BCUT2D eigenvalue weighted by Crippen LogP contribution is -1.99. The fourth-order valence-electron chi connectivity index (χ4n) is 1.02. The summed E-state index contributed by atoms with van der Waals surface area (Å²) in [6.45, 7) is 0.678. The Kier molecular flexibility index (Phi) is 1.55. The summed E-state index contributed by atoms with van der Waals surface area (Å²) < 4.78 is 0. The average Bonchev–Trinajstić information content (AvgIpc) is 2.34. The van der Waals surface area contributed by atoms with Gasteiger partial charge in [0.15, 0.2) is 5.15 Å². The van der Waals surface area contributed by atoms with Gasteiger partial charge in [0.2, 0.25) is 0 Å². The highest BCUT2D eigenvalue weighted by Gasteiger charge is 2.14. The first-order chi connectivity index (χ1) is 5.27. The summed E-state index contributed by atoms with van der Waals surface area (Å²) in [5.74, 6) is 0. The van der Waals surface area contributed by atoms with E-state index >= 15 is 0 Å². The lowest BCUT2D eigenvalue weighted by atomic mass is 10.4. The lowest BCUT2D eigenvalue weighted by molar-refractivity contribution is 1.30. The highest BCUT2D eigenvalue weighted by atomic mass is 35.5. The predicted molar refractivity (Wildman–Crippen MR) is 46.4 cm³/mol. The molecule has 2 heterocycles. The van der Waals surface area contributed by atoms with E-state index in [-0.39, 0.29) is 0 Å². The van der Waals surface area contributed by atoms with Crippen LogP contribution >= 0.6 is 23.2 Å². The van der Waals surface area contributed by atoms with Crippen LogP contribution in [0, 0.1) is 0 Å². The van der Waals surface area contributed by atoms with Gasteiger partial charge in [-0.15, -0.1) is 0 Å². The van der Waals surface area contributed by atoms with Crippen molar-refractivity contribution in [1.82, 2.24) is 4.98 Å². The maximum absolute atomic E-state index is 5.78. The molecule has 1 aliphatic rings. The van der Waals surface area contributed by atoms with Crippen molar-refractivity contribution in [3.05, 3.63) is 16.4 Å². The molecule has 0 aromatic carbocycles. The minimum absolute atomic E-state index is 0.407. The third-order valence-electron chi connectivity index (χ3n) is 1.49. The summed E-state index contributed by atoms with van der Waals surface area (Å²) in [5.41, 5.74) is 1.74. The van der Waals surface area contributed by atoms with Crippen molar-refractivity contribution in [2.75, 3.05) is 17.3 Å². The van der Waals surface area contributed by atoms with Crippen LogP contribution in [-0.2, 0) is 0 Å². The number of nitrogens with one attached hydrogen (secondary N) is 2. The Labute approximate surface area is 73.7 Å². The summed E-state index contributed by atoms with van der Waals surface area (Å²) >= 11 is 11.4. The van der Waals surface area contributed by atoms with Gasteiger partial charge in [-0.1, -0.05) is 23.2 Å². The first-order valence-electron chi connectivity index (χ1n) is 3.11. The van der Waals surface area contributed by atoms with Crippen LogP contribution in [0.3, 0.4) is 0 Å². The molecule has 0 saturated heterocycles. The largest absolute Gasteiger partial charge is 0.366 e. The fraction of sp³-hybridized carbons (Fsp3) is 0.167. The fourth-order valence-corrected chi connectivity index (χ4v) is 1.52. The SMILES string of the molecule is Clc1cc2c(c(Cl)n1)NCN2. The molecule has 2 rings (SSSR count). The summed E-state index contributed by atoms with van der Waals surface area (Å²) in [6, 6.07) is 1.74. The topological polar surface area (TPSA) is 37.0 Å². The molecular weight excluding hydrogens is 185 g/mol. The highest BCUT2D eigenvalue weighted by molar-refractivity contribution is 6.35. The van der Waals surface area contributed by atoms with E-state index in [1.54, 1.807) is 6.07 Å². The van der Waals surface area contributed by atoms with E-state index in [9.17, 15) is 0 Å². The smallest absolute Gasteiger partial charge is 0.156 e. The Balaban J connectivity index is 2.60. The van der Waals surface area contributed by atoms with Crippen LogP contribution in [0.25, 0.3) is 0 Å². The van der Waals surface area contributed by atoms with Gasteiger partial charge in [-0.3, -0.25) is 0 Å². The molecule has 0 fully saturated rings. The third kappa shape index (κ3) is 1.10. The van der Waals surface area contributed by atoms with Gasteiger partial charge in [0.05, 0.1) is 18.0 Å². The molecule has 0 amide bonds. The Morgan fingerprint density at radius 2 is 2.18 bits per heavy atom. The zero-order valence-corrected chi connectivity index (χ0v) is 7.00. The molecule has 0 spiro atoms. The van der Waals surface area contributed by atoms with E-state index in [4.69, 9.17) is 23.2 Å². The molecule has 0 aliphatic carbocycles. The van der Waals surface area contributed by atoms with E-state index in [1.807, 2.05) is 0 Å². The van der Waals surface area contributed by atoms with Gasteiger partial charge in [0, 0.05) is 6.07 Å². The van der Waals surface area contributed by atoms with Crippen molar-refractivity contribution in [2.45, 2.75) is 0 Å². The molecule has 1 aliphatic heterocycles. The number of hydrogen-bond donors (Lipinski definition) is 2. The van der Waals surface area contributed by atoms with Gasteiger partial charge in [-0.2, -0.15) is 0 Å². The number of aromatic nitrogens is 1. The number of pyridine rings is 1. The van der Waals surface area contributed by atoms with Gasteiger partial charge in [0.25, 0.3) is 0 Å². The van der Waals surface area contributed by atoms with Crippen LogP contribution in [0.4, 0.5) is 11.4 Å². The number of fused-ring (bicyclic) bond motifs is 1. The first kappa shape index (κ1) is 7.00. The molecule has 1 aromatic rings. The molecule has 0 radical (unpaired) electrons. The summed E-state index contributed by atoms with van der Waals surface area (Å²) in [6.07, 6.45) is 0. The average molecular weight is 190 g/mol. The van der Waals surface area contributed by atoms with Crippen LogP contribution < -0.4 is 10.6 Å². The van der Waals surface area contributed by atoms with Gasteiger partial charge < -0.3 is 10.6 Å². The maximum Gasteiger partial charge on any atom is 0.156 e. The predicted octanol–water partition coefficient (Wildman–Crippen LogP) is 2.18. The second-order valence-corrected chi connectivity index (χ2v) is 2.93. The van der Waals surface area contributed by atoms with Crippen LogP contribution in [0.15, 0.2) is 6.07 Å². The standard InChI is InChI=1S/C6H5Cl2N3/c7-4-1-3-5(6(8)11-4)10-2-9-3/h1,9-10H,2H2. The number of hydrogen-bond acceptors (Lipinski definition) is 3. The van der Waals surface area contributed by atoms with Crippen LogP contribution in [0.1, 0.15) is 0 Å². The zero-order chi connectivity index (χ0) is 7.84. The molecule has 0 atom stereocenters. The molecule has 0 bridgehead atoms. The van der Waals surface area contributed by atoms with E-state index in [0.29, 0.717) is 17.0 Å². The van der Waals surface area contributed by atoms with Gasteiger partial charge in [-0.25, -0.2) is 4.98 Å². The quantitative estimate of drug-likeness (QED) is 0.615. The van der Waals surface area contributed by atoms with Crippen LogP contribution in [-0.4, -0.2) is 11.7 Å². The zero-order valence-electron chi connectivity index (χ0n) is 5.49. The second kappa shape index (κ2) is 2.43. The minimum atomic E-state index is 0.407. The van der Waals surface area contributed by atoms with Crippen molar-refractivity contribution in [1.29, 1.82) is 0 Å². The molecule has 58 valence electrons. The van der Waals surface area contributed by atoms with Crippen molar-refractivity contribution in [3.63, 3.8) is 0 Å². The van der Waals surface area contributed by atoms with E-state index < -0.39 is 0 Å². The van der Waals surface area contributed by atoms with Crippen molar-refractivity contribution in [2.24, 2.45) is 0 Å². The number of anilines is 2. The van der Waals surface area contributed by atoms with E-state index in [1.165, 1.54) is 0 Å². The molecular formula is C6H5Cl2N3. The van der Waals surface area contributed by atoms with Crippen molar-refractivity contribution < 1.29 is 0 Å². The maximum atomic E-state index is 5.78. The van der Waals surface area contributed by atoms with E-state index in [2.05, 4.69) is 15.6 Å². The molecule has 1 aromatic heterocycles. The number of halogens is 2. The highest BCUT2D eigenvalue weighted by Crippen LogP contribution is 2.33. The number of rotatable bonds is 0. The molecule has 11 heavy (non-hydrogen) atoms. The molecule has 5 heteroatoms. The summed E-state index contributed by atoms with van der Waals surface area (Å²) in [7, 11) is 0. The van der Waals surface area contributed by atoms with Gasteiger partial charge >= 0.3 is 0 Å².